The summed E-state index contributed by atoms with van der Waals surface area (Å²) in [7, 11) is 0. The van der Waals surface area contributed by atoms with E-state index in [1.54, 1.807) is 4.90 Å². The van der Waals surface area contributed by atoms with Gasteiger partial charge in [0, 0.05) is 29.8 Å². The number of anilines is 2. The molecule has 0 saturated heterocycles. The molecule has 3 rings (SSSR count). The van der Waals surface area contributed by atoms with Gasteiger partial charge in [0.15, 0.2) is 0 Å². The van der Waals surface area contributed by atoms with Crippen LogP contribution < -0.4 is 10.6 Å². The Labute approximate surface area is 111 Å². The minimum absolute atomic E-state index is 0.0726. The van der Waals surface area contributed by atoms with Gasteiger partial charge in [0.2, 0.25) is 0 Å². The Balaban J connectivity index is 2.01. The third-order valence-electron chi connectivity index (χ3n) is 3.35. The molecule has 1 aromatic carbocycles. The maximum Gasteiger partial charge on any atom is 0.261 e. The van der Waals surface area contributed by atoms with Crippen LogP contribution in [0.1, 0.15) is 22.8 Å². The van der Waals surface area contributed by atoms with Gasteiger partial charge >= 0.3 is 0 Å². The number of hydrogen-bond acceptors (Lipinski definition) is 4. The van der Waals surface area contributed by atoms with E-state index < -0.39 is 0 Å². The highest BCUT2D eigenvalue weighted by atomic mass is 16.2. The highest BCUT2D eigenvalue weighted by Gasteiger charge is 2.31. The van der Waals surface area contributed by atoms with E-state index in [0.29, 0.717) is 5.56 Å². The van der Waals surface area contributed by atoms with E-state index in [0.717, 1.165) is 23.4 Å². The van der Waals surface area contributed by atoms with E-state index in [4.69, 9.17) is 5.73 Å². The Kier molecular flexibility index (Phi) is 2.67. The molecule has 19 heavy (non-hydrogen) atoms. The molecule has 1 aliphatic heterocycles. The first-order valence-electron chi connectivity index (χ1n) is 6.14. The molecule has 0 aliphatic carbocycles. The molecule has 1 aliphatic rings. The van der Waals surface area contributed by atoms with Crippen molar-refractivity contribution in [3.05, 3.63) is 48.0 Å². The third kappa shape index (κ3) is 1.93. The molecule has 2 heterocycles. The van der Waals surface area contributed by atoms with E-state index in [1.807, 2.05) is 25.1 Å². The number of carbonyl (C=O) groups is 1. The molecule has 5 heteroatoms. The molecule has 1 aromatic heterocycles. The van der Waals surface area contributed by atoms with Gasteiger partial charge in [-0.25, -0.2) is 9.97 Å². The molecule has 0 fully saturated rings. The minimum atomic E-state index is -0.0726. The van der Waals surface area contributed by atoms with Crippen molar-refractivity contribution in [3.8, 4) is 0 Å². The van der Waals surface area contributed by atoms with Crippen LogP contribution in [-0.4, -0.2) is 21.9 Å². The van der Waals surface area contributed by atoms with Gasteiger partial charge in [0.05, 0.1) is 5.56 Å². The average Bonchev–Trinajstić information content (AvgIpc) is 2.74. The molecule has 1 unspecified atom stereocenters. The number of benzene rings is 1. The summed E-state index contributed by atoms with van der Waals surface area (Å²) < 4.78 is 0. The predicted octanol–water partition coefficient (Wildman–Crippen LogP) is 1.65. The van der Waals surface area contributed by atoms with Gasteiger partial charge in [-0.05, 0) is 37.1 Å². The topological polar surface area (TPSA) is 72.1 Å². The number of aromatic nitrogens is 2. The second-order valence-corrected chi connectivity index (χ2v) is 4.74. The van der Waals surface area contributed by atoms with E-state index >= 15 is 0 Å². The van der Waals surface area contributed by atoms with Crippen LogP contribution in [0.3, 0.4) is 0 Å². The van der Waals surface area contributed by atoms with Crippen molar-refractivity contribution in [1.82, 2.24) is 9.97 Å². The van der Waals surface area contributed by atoms with Crippen LogP contribution in [-0.2, 0) is 6.42 Å². The lowest BCUT2D eigenvalue weighted by atomic mass is 10.1. The van der Waals surface area contributed by atoms with Crippen molar-refractivity contribution < 1.29 is 4.79 Å². The third-order valence-corrected chi connectivity index (χ3v) is 3.35. The number of fused-ring (bicyclic) bond motifs is 1. The second kappa shape index (κ2) is 4.35. The molecular weight excluding hydrogens is 240 g/mol. The fourth-order valence-corrected chi connectivity index (χ4v) is 2.51. The minimum Gasteiger partial charge on any atom is -0.399 e. The second-order valence-electron chi connectivity index (χ2n) is 4.74. The van der Waals surface area contributed by atoms with Gasteiger partial charge in [-0.2, -0.15) is 0 Å². The van der Waals surface area contributed by atoms with Crippen molar-refractivity contribution in [2.24, 2.45) is 0 Å². The molecule has 0 bridgehead atoms. The smallest absolute Gasteiger partial charge is 0.261 e. The molecule has 96 valence electrons. The largest absolute Gasteiger partial charge is 0.399 e. The summed E-state index contributed by atoms with van der Waals surface area (Å²) >= 11 is 0. The highest BCUT2D eigenvalue weighted by molar-refractivity contribution is 6.07. The first kappa shape index (κ1) is 11.6. The van der Waals surface area contributed by atoms with Gasteiger partial charge in [0.25, 0.3) is 5.91 Å². The van der Waals surface area contributed by atoms with Crippen LogP contribution in [0.5, 0.6) is 0 Å². The van der Waals surface area contributed by atoms with E-state index in [1.165, 1.54) is 18.7 Å². The first-order chi connectivity index (χ1) is 9.16. The molecular formula is C14H14N4O. The van der Waals surface area contributed by atoms with Crippen LogP contribution in [0.25, 0.3) is 0 Å². The quantitative estimate of drug-likeness (QED) is 0.785. The van der Waals surface area contributed by atoms with E-state index in [-0.39, 0.29) is 11.9 Å². The van der Waals surface area contributed by atoms with Gasteiger partial charge in [-0.1, -0.05) is 0 Å². The van der Waals surface area contributed by atoms with Gasteiger partial charge < -0.3 is 10.6 Å². The summed E-state index contributed by atoms with van der Waals surface area (Å²) in [6.45, 7) is 2.03. The van der Waals surface area contributed by atoms with Crippen molar-refractivity contribution >= 4 is 17.3 Å². The summed E-state index contributed by atoms with van der Waals surface area (Å²) in [6.07, 6.45) is 5.31. The van der Waals surface area contributed by atoms with E-state index in [2.05, 4.69) is 9.97 Å². The van der Waals surface area contributed by atoms with Crippen LogP contribution in [0.2, 0.25) is 0 Å². The molecule has 0 spiro atoms. The fourth-order valence-electron chi connectivity index (χ4n) is 2.51. The number of nitrogen functional groups attached to an aromatic ring is 1. The summed E-state index contributed by atoms with van der Waals surface area (Å²) in [4.78, 5) is 22.1. The molecule has 0 radical (unpaired) electrons. The predicted molar refractivity (Wildman–Crippen MR) is 72.9 cm³/mol. The van der Waals surface area contributed by atoms with Crippen molar-refractivity contribution in [2.45, 2.75) is 19.4 Å². The van der Waals surface area contributed by atoms with Gasteiger partial charge in [0.1, 0.15) is 6.33 Å². The Morgan fingerprint density at radius 2 is 2.11 bits per heavy atom. The van der Waals surface area contributed by atoms with Crippen molar-refractivity contribution in [2.75, 3.05) is 10.6 Å². The molecule has 5 nitrogen and oxygen atoms in total. The van der Waals surface area contributed by atoms with Crippen LogP contribution in [0, 0.1) is 0 Å². The maximum atomic E-state index is 12.5. The summed E-state index contributed by atoms with van der Waals surface area (Å²) in [5.41, 5.74) is 9.05. The molecule has 1 amide bonds. The standard InChI is InChI=1S/C14H14N4O/c1-9-4-10-5-12(15)2-3-13(10)18(9)14(19)11-6-16-8-17-7-11/h2-3,5-9H,4,15H2,1H3. The highest BCUT2D eigenvalue weighted by Crippen LogP contribution is 2.34. The van der Waals surface area contributed by atoms with E-state index in [9.17, 15) is 4.79 Å². The number of nitrogens with zero attached hydrogens (tertiary/aromatic N) is 3. The first-order valence-corrected chi connectivity index (χ1v) is 6.14. The van der Waals surface area contributed by atoms with Crippen molar-refractivity contribution in [1.29, 1.82) is 0 Å². The Morgan fingerprint density at radius 3 is 2.84 bits per heavy atom. The fraction of sp³-hybridized carbons (Fsp3) is 0.214. The molecule has 2 N–H and O–H groups in total. The van der Waals surface area contributed by atoms with Gasteiger partial charge in [-0.3, -0.25) is 4.79 Å². The molecule has 2 aromatic rings. The SMILES string of the molecule is CC1Cc2cc(N)ccc2N1C(=O)c1cncnc1. The maximum absolute atomic E-state index is 12.5. The number of nitrogens with two attached hydrogens (primary N) is 1. The Morgan fingerprint density at radius 1 is 1.37 bits per heavy atom. The van der Waals surface area contributed by atoms with Crippen molar-refractivity contribution in [3.63, 3.8) is 0 Å². The lowest BCUT2D eigenvalue weighted by molar-refractivity contribution is 0.0980. The number of hydrogen-bond donors (Lipinski definition) is 1. The normalized spacial score (nSPS) is 17.3. The number of amides is 1. The zero-order valence-electron chi connectivity index (χ0n) is 10.6. The monoisotopic (exact) mass is 254 g/mol. The lowest BCUT2D eigenvalue weighted by Crippen LogP contribution is -2.35. The zero-order chi connectivity index (χ0) is 13.4. The number of rotatable bonds is 1. The van der Waals surface area contributed by atoms with Crippen LogP contribution in [0.15, 0.2) is 36.9 Å². The zero-order valence-corrected chi connectivity index (χ0v) is 10.6. The van der Waals surface area contributed by atoms with Crippen LogP contribution >= 0.6 is 0 Å². The van der Waals surface area contributed by atoms with Gasteiger partial charge in [-0.15, -0.1) is 0 Å². The molecule has 0 saturated carbocycles. The summed E-state index contributed by atoms with van der Waals surface area (Å²) in [5.74, 6) is -0.0726. The summed E-state index contributed by atoms with van der Waals surface area (Å²) in [5, 5.41) is 0. The Bertz CT molecular complexity index is 627. The lowest BCUT2D eigenvalue weighted by Gasteiger charge is -2.22. The Hall–Kier alpha value is -2.43. The molecule has 1 atom stereocenters. The average molecular weight is 254 g/mol. The summed E-state index contributed by atoms with van der Waals surface area (Å²) in [6, 6.07) is 5.76. The number of carbonyl (C=O) groups excluding carboxylic acids is 1. The van der Waals surface area contributed by atoms with Crippen LogP contribution in [0.4, 0.5) is 11.4 Å².